The van der Waals surface area contributed by atoms with Crippen molar-refractivity contribution in [3.63, 3.8) is 0 Å². The molecular weight excluding hydrogens is 347 g/mol. The van der Waals surface area contributed by atoms with Gasteiger partial charge in [0.15, 0.2) is 0 Å². The van der Waals surface area contributed by atoms with Crippen molar-refractivity contribution in [3.05, 3.63) is 30.1 Å². The van der Waals surface area contributed by atoms with E-state index in [1.165, 1.54) is 6.42 Å². The first kappa shape index (κ1) is 19.0. The molecule has 2 bridgehead atoms. The van der Waals surface area contributed by atoms with E-state index >= 15 is 0 Å². The first-order chi connectivity index (χ1) is 10.7. The second kappa shape index (κ2) is 7.30. The fourth-order valence-corrected chi connectivity index (χ4v) is 4.25. The number of hydrogen-bond acceptors (Lipinski definition) is 3. The number of carbonyl (C=O) groups excluding carboxylic acids is 1. The summed E-state index contributed by atoms with van der Waals surface area (Å²) in [6.45, 7) is 2.71. The summed E-state index contributed by atoms with van der Waals surface area (Å²) in [4.78, 5) is 20.1. The third kappa shape index (κ3) is 3.01. The number of rotatable bonds is 4. The van der Waals surface area contributed by atoms with Gasteiger partial charge in [-0.1, -0.05) is 13.0 Å². The van der Waals surface area contributed by atoms with Crippen LogP contribution in [0, 0.1) is 5.41 Å². The number of fused-ring (bicyclic) bond motifs is 3. The Kier molecular flexibility index (Phi) is 5.78. The van der Waals surface area contributed by atoms with E-state index in [1.54, 1.807) is 6.33 Å². The fraction of sp³-hybridized carbons (Fsp3) is 0.529. The highest BCUT2D eigenvalue weighted by Crippen LogP contribution is 2.45. The predicted molar refractivity (Wildman–Crippen MR) is 99.7 cm³/mol. The number of nitrogens with one attached hydrogen (secondary N) is 3. The minimum Gasteiger partial charge on any atom is -0.351 e. The van der Waals surface area contributed by atoms with Gasteiger partial charge in [-0.2, -0.15) is 0 Å². The van der Waals surface area contributed by atoms with Crippen LogP contribution in [0.15, 0.2) is 24.5 Å². The molecule has 3 heterocycles. The van der Waals surface area contributed by atoms with Crippen LogP contribution in [0.5, 0.6) is 0 Å². The van der Waals surface area contributed by atoms with E-state index < -0.39 is 0 Å². The first-order valence-corrected chi connectivity index (χ1v) is 8.17. The van der Waals surface area contributed by atoms with Crippen LogP contribution in [0.4, 0.5) is 0 Å². The van der Waals surface area contributed by atoms with E-state index in [4.69, 9.17) is 0 Å². The van der Waals surface area contributed by atoms with E-state index in [0.717, 1.165) is 35.9 Å². The molecule has 2 aliphatic rings. The van der Waals surface area contributed by atoms with Gasteiger partial charge in [-0.3, -0.25) is 4.79 Å². The Labute approximate surface area is 154 Å². The van der Waals surface area contributed by atoms with E-state index in [9.17, 15) is 4.79 Å². The second-order valence-corrected chi connectivity index (χ2v) is 6.64. The Morgan fingerprint density at radius 3 is 2.88 bits per heavy atom. The minimum absolute atomic E-state index is 0. The van der Waals surface area contributed by atoms with Crippen molar-refractivity contribution in [2.45, 2.75) is 51.2 Å². The zero-order chi connectivity index (χ0) is 15.2. The van der Waals surface area contributed by atoms with Crippen molar-refractivity contribution in [1.29, 1.82) is 0 Å². The number of carbonyl (C=O) groups is 1. The summed E-state index contributed by atoms with van der Waals surface area (Å²) in [5.74, 6) is 0.208. The number of amides is 1. The van der Waals surface area contributed by atoms with E-state index in [0.29, 0.717) is 18.6 Å². The van der Waals surface area contributed by atoms with E-state index in [2.05, 4.69) is 33.6 Å². The Morgan fingerprint density at radius 1 is 1.38 bits per heavy atom. The summed E-state index contributed by atoms with van der Waals surface area (Å²) < 4.78 is 0. The summed E-state index contributed by atoms with van der Waals surface area (Å²) in [6, 6.07) is 6.97. The molecule has 5 nitrogen and oxygen atoms in total. The summed E-state index contributed by atoms with van der Waals surface area (Å²) in [6.07, 6.45) is 5.94. The van der Waals surface area contributed by atoms with Crippen molar-refractivity contribution in [2.24, 2.45) is 5.41 Å². The van der Waals surface area contributed by atoms with Crippen LogP contribution in [-0.2, 0) is 11.3 Å². The molecule has 2 saturated heterocycles. The molecule has 1 aromatic carbocycles. The van der Waals surface area contributed by atoms with Crippen molar-refractivity contribution in [2.75, 3.05) is 0 Å². The number of hydrogen-bond donors (Lipinski definition) is 3. The van der Waals surface area contributed by atoms with Crippen LogP contribution >= 0.6 is 24.8 Å². The van der Waals surface area contributed by atoms with E-state index in [-0.39, 0.29) is 36.1 Å². The summed E-state index contributed by atoms with van der Waals surface area (Å²) >= 11 is 0. The lowest BCUT2D eigenvalue weighted by Gasteiger charge is -2.34. The molecular formula is C17H24Cl2N4O. The summed E-state index contributed by atoms with van der Waals surface area (Å²) in [5.41, 5.74) is 2.87. The van der Waals surface area contributed by atoms with Crippen LogP contribution in [-0.4, -0.2) is 28.0 Å². The molecule has 1 aromatic heterocycles. The third-order valence-corrected chi connectivity index (χ3v) is 5.54. The average Bonchev–Trinajstić information content (AvgIpc) is 3.26. The zero-order valence-electron chi connectivity index (χ0n) is 13.7. The van der Waals surface area contributed by atoms with Gasteiger partial charge in [0, 0.05) is 18.6 Å². The maximum Gasteiger partial charge on any atom is 0.228 e. The topological polar surface area (TPSA) is 69.8 Å². The molecule has 3 atom stereocenters. The maximum absolute atomic E-state index is 12.8. The van der Waals surface area contributed by atoms with Crippen LogP contribution < -0.4 is 10.6 Å². The van der Waals surface area contributed by atoms with Gasteiger partial charge in [-0.25, -0.2) is 4.98 Å². The van der Waals surface area contributed by atoms with Gasteiger partial charge < -0.3 is 15.6 Å². The highest BCUT2D eigenvalue weighted by atomic mass is 35.5. The quantitative estimate of drug-likeness (QED) is 0.774. The van der Waals surface area contributed by atoms with Crippen molar-refractivity contribution in [3.8, 4) is 0 Å². The molecule has 2 aromatic rings. The monoisotopic (exact) mass is 370 g/mol. The molecule has 0 unspecified atom stereocenters. The number of nitrogens with zero attached hydrogens (tertiary/aromatic N) is 1. The van der Waals surface area contributed by atoms with Gasteiger partial charge in [-0.15, -0.1) is 24.8 Å². The minimum atomic E-state index is -0.207. The first-order valence-electron chi connectivity index (χ1n) is 8.17. The number of benzene rings is 1. The van der Waals surface area contributed by atoms with Gasteiger partial charge >= 0.3 is 0 Å². The molecule has 1 amide bonds. The lowest BCUT2D eigenvalue weighted by atomic mass is 9.71. The molecule has 4 rings (SSSR count). The Morgan fingerprint density at radius 2 is 2.21 bits per heavy atom. The molecule has 0 radical (unpaired) electrons. The fourth-order valence-electron chi connectivity index (χ4n) is 4.25. The van der Waals surface area contributed by atoms with E-state index in [1.807, 2.05) is 12.1 Å². The largest absolute Gasteiger partial charge is 0.351 e. The summed E-state index contributed by atoms with van der Waals surface area (Å²) in [7, 11) is 0. The lowest BCUT2D eigenvalue weighted by molar-refractivity contribution is -0.132. The van der Waals surface area contributed by atoms with Gasteiger partial charge in [0.25, 0.3) is 0 Å². The van der Waals surface area contributed by atoms with Crippen LogP contribution in [0.25, 0.3) is 11.0 Å². The number of H-pyrrole nitrogens is 1. The standard InChI is InChI=1S/C17H22N4O.2ClH/c1-2-17(8-12-4-6-15(17)21-12)16(22)18-9-11-3-5-13-14(7-11)20-10-19-13;;/h3,5,7,10,12,15,21H,2,4,6,8-9H2,1H3,(H,18,22)(H,19,20);2*1H/t12-,15+,17+;;/m0../s1. The number of aromatic amines is 1. The van der Waals surface area contributed by atoms with Crippen LogP contribution in [0.2, 0.25) is 0 Å². The Hall–Kier alpha value is -1.30. The average molecular weight is 371 g/mol. The Bertz CT molecular complexity index is 719. The number of imidazole rings is 1. The molecule has 3 N–H and O–H groups in total. The smallest absolute Gasteiger partial charge is 0.228 e. The SMILES string of the molecule is CC[C@@]1(C(=O)NCc2ccc3nc[nH]c3c2)C[C@@H]2CC[C@H]1N2.Cl.Cl. The molecule has 24 heavy (non-hydrogen) atoms. The van der Waals surface area contributed by atoms with Crippen molar-refractivity contribution >= 4 is 41.8 Å². The summed E-state index contributed by atoms with van der Waals surface area (Å²) in [5, 5.41) is 6.76. The molecule has 0 saturated carbocycles. The number of halogens is 2. The predicted octanol–water partition coefficient (Wildman–Crippen LogP) is 2.94. The molecule has 0 aliphatic carbocycles. The Balaban J connectivity index is 0.00000104. The zero-order valence-corrected chi connectivity index (χ0v) is 15.3. The van der Waals surface area contributed by atoms with Gasteiger partial charge in [-0.05, 0) is 43.4 Å². The van der Waals surface area contributed by atoms with Crippen LogP contribution in [0.3, 0.4) is 0 Å². The molecule has 0 spiro atoms. The van der Waals surface area contributed by atoms with Crippen molar-refractivity contribution in [1.82, 2.24) is 20.6 Å². The maximum atomic E-state index is 12.8. The van der Waals surface area contributed by atoms with Gasteiger partial charge in [0.1, 0.15) is 0 Å². The second-order valence-electron chi connectivity index (χ2n) is 6.64. The molecule has 2 aliphatic heterocycles. The van der Waals surface area contributed by atoms with Gasteiger partial charge in [0.2, 0.25) is 5.91 Å². The van der Waals surface area contributed by atoms with Crippen LogP contribution in [0.1, 0.15) is 38.2 Å². The third-order valence-electron chi connectivity index (χ3n) is 5.54. The molecule has 7 heteroatoms. The van der Waals surface area contributed by atoms with Crippen molar-refractivity contribution < 1.29 is 4.79 Å². The highest BCUT2D eigenvalue weighted by molar-refractivity contribution is 5.86. The normalized spacial score (nSPS) is 27.5. The molecule has 132 valence electrons. The molecule has 2 fully saturated rings. The van der Waals surface area contributed by atoms with Gasteiger partial charge in [0.05, 0.1) is 22.8 Å². The lowest BCUT2D eigenvalue weighted by Crippen LogP contribution is -2.47. The highest BCUT2D eigenvalue weighted by Gasteiger charge is 2.54. The number of aromatic nitrogens is 2.